The maximum Gasteiger partial charge on any atom is 0.340 e. The molecular weight excluding hydrogens is 364 g/mol. The summed E-state index contributed by atoms with van der Waals surface area (Å²) in [7, 11) is 1.38. The van der Waals surface area contributed by atoms with Crippen LogP contribution in [0.5, 0.6) is 5.75 Å². The summed E-state index contributed by atoms with van der Waals surface area (Å²) in [6.45, 7) is 3.45. The molecule has 29 heavy (non-hydrogen) atoms. The van der Waals surface area contributed by atoms with Gasteiger partial charge in [0.2, 0.25) is 0 Å². The molecule has 3 aromatic rings. The van der Waals surface area contributed by atoms with Crippen LogP contribution in [0.2, 0.25) is 0 Å². The second-order valence-corrected chi connectivity index (χ2v) is 7.25. The molecule has 0 radical (unpaired) electrons. The summed E-state index contributed by atoms with van der Waals surface area (Å²) in [6.07, 6.45) is 4.17. The molecule has 1 N–H and O–H groups in total. The normalized spacial score (nSPS) is 15.2. The van der Waals surface area contributed by atoms with Crippen LogP contribution < -0.4 is 10.1 Å². The molecule has 5 heteroatoms. The molecule has 1 aromatic heterocycles. The number of anilines is 1. The smallest absolute Gasteiger partial charge is 0.340 e. The fourth-order valence-corrected chi connectivity index (χ4v) is 3.66. The van der Waals surface area contributed by atoms with Gasteiger partial charge in [0.25, 0.3) is 0 Å². The van der Waals surface area contributed by atoms with E-state index in [-0.39, 0.29) is 11.9 Å². The molecule has 0 spiro atoms. The fourth-order valence-electron chi connectivity index (χ4n) is 3.66. The summed E-state index contributed by atoms with van der Waals surface area (Å²) in [5.74, 6) is 0.849. The van der Waals surface area contributed by atoms with Gasteiger partial charge in [-0.05, 0) is 42.2 Å². The first-order chi connectivity index (χ1) is 14.2. The van der Waals surface area contributed by atoms with Crippen molar-refractivity contribution in [3.63, 3.8) is 0 Å². The molecule has 5 nitrogen and oxygen atoms in total. The first kappa shape index (κ1) is 19.0. The number of hydrogen-bond acceptors (Lipinski definition) is 5. The number of carbonyl (C=O) groups is 1. The first-order valence-corrected chi connectivity index (χ1v) is 9.75. The Bertz CT molecular complexity index is 1010. The zero-order valence-electron chi connectivity index (χ0n) is 16.6. The van der Waals surface area contributed by atoms with Gasteiger partial charge in [-0.1, -0.05) is 42.0 Å². The summed E-state index contributed by atoms with van der Waals surface area (Å²) in [5.41, 5.74) is 5.94. The van der Waals surface area contributed by atoms with Gasteiger partial charge in [0.05, 0.1) is 31.2 Å². The average Bonchev–Trinajstić information content (AvgIpc) is 2.77. The summed E-state index contributed by atoms with van der Waals surface area (Å²) in [4.78, 5) is 16.1. The van der Waals surface area contributed by atoms with Gasteiger partial charge in [0, 0.05) is 18.7 Å². The predicted molar refractivity (Wildman–Crippen MR) is 114 cm³/mol. The van der Waals surface area contributed by atoms with E-state index in [2.05, 4.69) is 59.7 Å². The van der Waals surface area contributed by atoms with Crippen molar-refractivity contribution in [1.82, 2.24) is 4.98 Å². The van der Waals surface area contributed by atoms with Gasteiger partial charge in [-0.15, -0.1) is 0 Å². The van der Waals surface area contributed by atoms with E-state index in [0.717, 1.165) is 17.7 Å². The van der Waals surface area contributed by atoms with Gasteiger partial charge < -0.3 is 14.8 Å². The number of hydrogen-bond donors (Lipinski definition) is 1. The zero-order valence-corrected chi connectivity index (χ0v) is 16.6. The van der Waals surface area contributed by atoms with Crippen molar-refractivity contribution in [2.24, 2.45) is 0 Å². The molecule has 1 aliphatic rings. The van der Waals surface area contributed by atoms with E-state index in [1.54, 1.807) is 18.5 Å². The highest BCUT2D eigenvalue weighted by molar-refractivity contribution is 5.95. The van der Waals surface area contributed by atoms with Gasteiger partial charge in [-0.3, -0.25) is 4.98 Å². The Hall–Kier alpha value is -3.34. The predicted octanol–water partition coefficient (Wildman–Crippen LogP) is 4.82. The third-order valence-electron chi connectivity index (χ3n) is 5.33. The van der Waals surface area contributed by atoms with Crippen LogP contribution in [0.3, 0.4) is 0 Å². The van der Waals surface area contributed by atoms with E-state index in [1.807, 2.05) is 0 Å². The number of ether oxygens (including phenoxy) is 2. The molecular formula is C24H24N2O3. The molecule has 4 rings (SSSR count). The highest BCUT2D eigenvalue weighted by Crippen LogP contribution is 2.37. The zero-order chi connectivity index (χ0) is 20.2. The Labute approximate surface area is 170 Å². The number of rotatable bonds is 5. The van der Waals surface area contributed by atoms with Crippen LogP contribution in [-0.2, 0) is 4.74 Å². The third-order valence-corrected chi connectivity index (χ3v) is 5.33. The van der Waals surface area contributed by atoms with Gasteiger partial charge in [-0.25, -0.2) is 4.79 Å². The van der Waals surface area contributed by atoms with E-state index in [4.69, 9.17) is 9.47 Å². The highest BCUT2D eigenvalue weighted by Gasteiger charge is 2.22. The SMILES string of the molecule is COC(=O)c1ccncc1NCC1CCOc2cc(-c3ccc(C)cc3)ccc21. The summed E-state index contributed by atoms with van der Waals surface area (Å²) >= 11 is 0. The molecule has 0 fully saturated rings. The fraction of sp³-hybridized carbons (Fsp3) is 0.250. The number of pyridine rings is 1. The van der Waals surface area contributed by atoms with Crippen LogP contribution in [0.15, 0.2) is 60.9 Å². The van der Waals surface area contributed by atoms with Crippen LogP contribution in [0.25, 0.3) is 11.1 Å². The van der Waals surface area contributed by atoms with Gasteiger partial charge in [-0.2, -0.15) is 0 Å². The highest BCUT2D eigenvalue weighted by atomic mass is 16.5. The average molecular weight is 388 g/mol. The van der Waals surface area contributed by atoms with E-state index in [1.165, 1.54) is 23.8 Å². The second-order valence-electron chi connectivity index (χ2n) is 7.25. The topological polar surface area (TPSA) is 60.5 Å². The van der Waals surface area contributed by atoms with Crippen molar-refractivity contribution < 1.29 is 14.3 Å². The molecule has 0 aliphatic carbocycles. The Balaban J connectivity index is 1.53. The number of aromatic nitrogens is 1. The number of benzene rings is 2. The number of fused-ring (bicyclic) bond motifs is 1. The number of aryl methyl sites for hydroxylation is 1. The standard InChI is InChI=1S/C24H24N2O3/c1-16-3-5-17(6-4-16)18-7-8-20-19(10-12-29-23(20)13-18)14-26-22-15-25-11-9-21(22)24(27)28-2/h3-9,11,13,15,19,26H,10,12,14H2,1-2H3. The van der Waals surface area contributed by atoms with Crippen molar-refractivity contribution in [3.05, 3.63) is 77.6 Å². The number of esters is 1. The first-order valence-electron chi connectivity index (χ1n) is 9.75. The number of carbonyl (C=O) groups excluding carboxylic acids is 1. The monoisotopic (exact) mass is 388 g/mol. The molecule has 2 aromatic carbocycles. The van der Waals surface area contributed by atoms with Gasteiger partial charge in [0.15, 0.2) is 0 Å². The maximum atomic E-state index is 12.0. The number of nitrogens with one attached hydrogen (secondary N) is 1. The molecule has 1 atom stereocenters. The lowest BCUT2D eigenvalue weighted by Crippen LogP contribution is -2.21. The van der Waals surface area contributed by atoms with Crippen LogP contribution >= 0.6 is 0 Å². The van der Waals surface area contributed by atoms with E-state index in [9.17, 15) is 4.79 Å². The van der Waals surface area contributed by atoms with Crippen LogP contribution in [0, 0.1) is 6.92 Å². The Kier molecular flexibility index (Phi) is 5.47. The Morgan fingerprint density at radius 2 is 1.97 bits per heavy atom. The minimum absolute atomic E-state index is 0.288. The molecule has 0 bridgehead atoms. The lowest BCUT2D eigenvalue weighted by atomic mass is 9.91. The van der Waals surface area contributed by atoms with Gasteiger partial charge in [0.1, 0.15) is 5.75 Å². The number of nitrogens with zero attached hydrogens (tertiary/aromatic N) is 1. The van der Waals surface area contributed by atoms with Crippen LogP contribution in [-0.4, -0.2) is 31.2 Å². The van der Waals surface area contributed by atoms with Crippen LogP contribution in [0.1, 0.15) is 33.8 Å². The summed E-state index contributed by atoms with van der Waals surface area (Å²) < 4.78 is 10.8. The molecule has 148 valence electrons. The van der Waals surface area contributed by atoms with Crippen molar-refractivity contribution in [3.8, 4) is 16.9 Å². The summed E-state index contributed by atoms with van der Waals surface area (Å²) in [6, 6.07) is 16.6. The van der Waals surface area contributed by atoms with Gasteiger partial charge >= 0.3 is 5.97 Å². The summed E-state index contributed by atoms with van der Waals surface area (Å²) in [5, 5.41) is 3.37. The van der Waals surface area contributed by atoms with Crippen molar-refractivity contribution in [2.75, 3.05) is 25.6 Å². The Morgan fingerprint density at radius 3 is 2.76 bits per heavy atom. The molecule has 2 heterocycles. The molecule has 0 saturated carbocycles. The number of methoxy groups -OCH3 is 1. The molecule has 0 saturated heterocycles. The van der Waals surface area contributed by atoms with Crippen LogP contribution in [0.4, 0.5) is 5.69 Å². The molecule has 1 unspecified atom stereocenters. The van der Waals surface area contributed by atoms with Crippen molar-refractivity contribution in [2.45, 2.75) is 19.3 Å². The lowest BCUT2D eigenvalue weighted by Gasteiger charge is -2.27. The molecule has 1 aliphatic heterocycles. The third kappa shape index (κ3) is 4.09. The minimum atomic E-state index is -0.370. The van der Waals surface area contributed by atoms with E-state index < -0.39 is 0 Å². The largest absolute Gasteiger partial charge is 0.493 e. The lowest BCUT2D eigenvalue weighted by molar-refractivity contribution is 0.0601. The molecule has 0 amide bonds. The van der Waals surface area contributed by atoms with E-state index in [0.29, 0.717) is 24.4 Å². The van der Waals surface area contributed by atoms with Crippen molar-refractivity contribution >= 4 is 11.7 Å². The second kappa shape index (κ2) is 8.35. The van der Waals surface area contributed by atoms with E-state index >= 15 is 0 Å². The van der Waals surface area contributed by atoms with Crippen molar-refractivity contribution in [1.29, 1.82) is 0 Å². The maximum absolute atomic E-state index is 12.0. The quantitative estimate of drug-likeness (QED) is 0.635. The minimum Gasteiger partial charge on any atom is -0.493 e. The Morgan fingerprint density at radius 1 is 1.17 bits per heavy atom.